The summed E-state index contributed by atoms with van der Waals surface area (Å²) in [6.45, 7) is 2.13. The first kappa shape index (κ1) is 14.0. The highest BCUT2D eigenvalue weighted by atomic mass is 16.5. The fraction of sp³-hybridized carbons (Fsp3) is 0.588. The quantitative estimate of drug-likeness (QED) is 0.913. The summed E-state index contributed by atoms with van der Waals surface area (Å²) in [7, 11) is 1.70. The van der Waals surface area contributed by atoms with Gasteiger partial charge in [0.1, 0.15) is 5.75 Å². The lowest BCUT2D eigenvalue weighted by atomic mass is 9.67. The molecule has 1 amide bonds. The molecule has 1 N–H and O–H groups in total. The third-order valence-electron chi connectivity index (χ3n) is 5.14. The average molecular weight is 303 g/mol. The van der Waals surface area contributed by atoms with Crippen molar-refractivity contribution in [1.29, 1.82) is 0 Å². The Morgan fingerprint density at radius 3 is 3.18 bits per heavy atom. The van der Waals surface area contributed by atoms with Gasteiger partial charge in [-0.05, 0) is 30.2 Å². The lowest BCUT2D eigenvalue weighted by Crippen LogP contribution is -2.62. The lowest BCUT2D eigenvalue weighted by Gasteiger charge is -2.47. The highest BCUT2D eigenvalue weighted by molar-refractivity contribution is 5.95. The van der Waals surface area contributed by atoms with Crippen molar-refractivity contribution in [3.8, 4) is 5.75 Å². The number of hydrogen-bond acceptors (Lipinski definition) is 4. The zero-order chi connectivity index (χ0) is 15.1. The molecule has 5 heteroatoms. The Labute approximate surface area is 129 Å². The van der Waals surface area contributed by atoms with Gasteiger partial charge in [-0.25, -0.2) is 0 Å². The molecular formula is C17H21NO4. The molecule has 1 saturated heterocycles. The predicted molar refractivity (Wildman–Crippen MR) is 80.1 cm³/mol. The van der Waals surface area contributed by atoms with E-state index in [4.69, 9.17) is 14.2 Å². The van der Waals surface area contributed by atoms with Crippen LogP contribution in [0.5, 0.6) is 5.75 Å². The summed E-state index contributed by atoms with van der Waals surface area (Å²) >= 11 is 0. The highest BCUT2D eigenvalue weighted by Crippen LogP contribution is 2.43. The van der Waals surface area contributed by atoms with Gasteiger partial charge in [0.05, 0.1) is 19.3 Å². The van der Waals surface area contributed by atoms with E-state index in [0.29, 0.717) is 24.7 Å². The van der Waals surface area contributed by atoms with Crippen molar-refractivity contribution in [2.24, 2.45) is 11.8 Å². The molecular weight excluding hydrogens is 282 g/mol. The lowest BCUT2D eigenvalue weighted by molar-refractivity contribution is -0.0809. The number of methoxy groups -OCH3 is 1. The van der Waals surface area contributed by atoms with Crippen molar-refractivity contribution in [1.82, 2.24) is 5.32 Å². The Kier molecular flexibility index (Phi) is 3.54. The van der Waals surface area contributed by atoms with E-state index < -0.39 is 0 Å². The van der Waals surface area contributed by atoms with Crippen LogP contribution in [0.1, 0.15) is 22.3 Å². The number of amides is 1. The van der Waals surface area contributed by atoms with E-state index in [2.05, 4.69) is 5.32 Å². The Morgan fingerprint density at radius 2 is 2.32 bits per heavy atom. The maximum Gasteiger partial charge on any atom is 0.251 e. The van der Waals surface area contributed by atoms with Gasteiger partial charge < -0.3 is 19.5 Å². The molecule has 1 aromatic carbocycles. The highest BCUT2D eigenvalue weighted by Gasteiger charge is 2.54. The summed E-state index contributed by atoms with van der Waals surface area (Å²) in [5.41, 5.74) is 1.83. The number of hydrogen-bond donors (Lipinski definition) is 1. The minimum absolute atomic E-state index is 0.00819. The largest absolute Gasteiger partial charge is 0.493 e. The molecule has 4 atom stereocenters. The molecule has 2 heterocycles. The van der Waals surface area contributed by atoms with Crippen LogP contribution in [-0.4, -0.2) is 45.0 Å². The molecule has 4 rings (SSSR count). The van der Waals surface area contributed by atoms with E-state index in [1.54, 1.807) is 7.11 Å². The Hall–Kier alpha value is -1.59. The number of carbonyl (C=O) groups is 1. The zero-order valence-corrected chi connectivity index (χ0v) is 12.7. The van der Waals surface area contributed by atoms with Crippen molar-refractivity contribution in [2.45, 2.75) is 25.0 Å². The van der Waals surface area contributed by atoms with Gasteiger partial charge in [-0.2, -0.15) is 0 Å². The topological polar surface area (TPSA) is 56.8 Å². The molecule has 5 nitrogen and oxygen atoms in total. The van der Waals surface area contributed by atoms with Gasteiger partial charge in [0.2, 0.25) is 0 Å². The van der Waals surface area contributed by atoms with Crippen LogP contribution in [0.3, 0.4) is 0 Å². The molecule has 2 aliphatic heterocycles. The molecule has 1 aromatic rings. The molecule has 1 saturated carbocycles. The van der Waals surface area contributed by atoms with Crippen molar-refractivity contribution in [2.75, 3.05) is 26.9 Å². The Morgan fingerprint density at radius 1 is 1.41 bits per heavy atom. The number of carbonyl (C=O) groups excluding carboxylic acids is 1. The number of nitrogens with one attached hydrogen (secondary N) is 1. The molecule has 2 fully saturated rings. The second-order valence-corrected chi connectivity index (χ2v) is 6.33. The van der Waals surface area contributed by atoms with E-state index >= 15 is 0 Å². The molecule has 0 unspecified atom stereocenters. The molecule has 22 heavy (non-hydrogen) atoms. The van der Waals surface area contributed by atoms with Gasteiger partial charge in [0.25, 0.3) is 5.91 Å². The van der Waals surface area contributed by atoms with Gasteiger partial charge in [0, 0.05) is 43.6 Å². The van der Waals surface area contributed by atoms with Crippen LogP contribution in [0, 0.1) is 11.8 Å². The summed E-state index contributed by atoms with van der Waals surface area (Å²) in [4.78, 5) is 12.6. The molecule has 3 aliphatic rings. The van der Waals surface area contributed by atoms with Gasteiger partial charge in [-0.3, -0.25) is 4.79 Å². The van der Waals surface area contributed by atoms with Crippen LogP contribution < -0.4 is 10.1 Å². The maximum absolute atomic E-state index is 12.6. The van der Waals surface area contributed by atoms with Crippen molar-refractivity contribution in [3.05, 3.63) is 29.3 Å². The number of rotatable bonds is 4. The first-order valence-corrected chi connectivity index (χ1v) is 7.95. The fourth-order valence-corrected chi connectivity index (χ4v) is 4.00. The van der Waals surface area contributed by atoms with Crippen LogP contribution in [-0.2, 0) is 15.9 Å². The third-order valence-corrected chi connectivity index (χ3v) is 5.14. The minimum Gasteiger partial charge on any atom is -0.493 e. The molecule has 1 aliphatic carbocycles. The zero-order valence-electron chi connectivity index (χ0n) is 12.7. The summed E-state index contributed by atoms with van der Waals surface area (Å²) in [6.07, 6.45) is 2.15. The minimum atomic E-state index is -0.00819. The second-order valence-electron chi connectivity index (χ2n) is 6.33. The predicted octanol–water partition coefficient (Wildman–Crippen LogP) is 1.40. The number of fused-ring (bicyclic) bond motifs is 2. The second kappa shape index (κ2) is 5.56. The van der Waals surface area contributed by atoms with Crippen LogP contribution in [0.25, 0.3) is 0 Å². The van der Waals surface area contributed by atoms with Gasteiger partial charge >= 0.3 is 0 Å². The number of ether oxygens (including phenoxy) is 3. The van der Waals surface area contributed by atoms with Gasteiger partial charge in [-0.1, -0.05) is 0 Å². The van der Waals surface area contributed by atoms with Crippen molar-refractivity contribution in [3.63, 3.8) is 0 Å². The SMILES string of the molecule is COC[C@@H]1[C@@H](NC(=O)c2ccc3c(c2)CCO3)[C@@H]2CCO[C@H]12. The van der Waals surface area contributed by atoms with Crippen LogP contribution in [0.2, 0.25) is 0 Å². The molecule has 0 bridgehead atoms. The van der Waals surface area contributed by atoms with Crippen molar-refractivity contribution >= 4 is 5.91 Å². The van der Waals surface area contributed by atoms with E-state index in [1.165, 1.54) is 0 Å². The number of benzene rings is 1. The Bertz CT molecular complexity index is 588. The van der Waals surface area contributed by atoms with E-state index in [9.17, 15) is 4.79 Å². The summed E-state index contributed by atoms with van der Waals surface area (Å²) in [5.74, 6) is 1.59. The monoisotopic (exact) mass is 303 g/mol. The molecule has 0 radical (unpaired) electrons. The van der Waals surface area contributed by atoms with E-state index in [-0.39, 0.29) is 24.0 Å². The van der Waals surface area contributed by atoms with Gasteiger partial charge in [-0.15, -0.1) is 0 Å². The molecule has 118 valence electrons. The summed E-state index contributed by atoms with van der Waals surface area (Å²) in [6, 6.07) is 5.84. The first-order valence-electron chi connectivity index (χ1n) is 7.95. The van der Waals surface area contributed by atoms with Crippen LogP contribution in [0.4, 0.5) is 0 Å². The van der Waals surface area contributed by atoms with Crippen LogP contribution in [0.15, 0.2) is 18.2 Å². The average Bonchev–Trinajstić information content (AvgIpc) is 3.16. The summed E-state index contributed by atoms with van der Waals surface area (Å²) in [5, 5.41) is 3.19. The van der Waals surface area contributed by atoms with Gasteiger partial charge in [0.15, 0.2) is 0 Å². The molecule has 0 aromatic heterocycles. The van der Waals surface area contributed by atoms with E-state index in [0.717, 1.165) is 30.8 Å². The third kappa shape index (κ3) is 2.20. The first-order chi connectivity index (χ1) is 10.8. The molecule has 0 spiro atoms. The fourth-order valence-electron chi connectivity index (χ4n) is 4.00. The maximum atomic E-state index is 12.6. The Balaban J connectivity index is 1.47. The smallest absolute Gasteiger partial charge is 0.251 e. The van der Waals surface area contributed by atoms with Crippen LogP contribution >= 0.6 is 0 Å². The standard InChI is InChI=1S/C17H21NO4/c1-20-9-13-15(12-5-7-22-16(12)13)18-17(19)11-2-3-14-10(8-11)4-6-21-14/h2-3,8,12-13,15-16H,4-7,9H2,1H3,(H,18,19)/t12-,13+,15-,16-/m0/s1. The van der Waals surface area contributed by atoms with Crippen molar-refractivity contribution < 1.29 is 19.0 Å². The normalized spacial score (nSPS) is 31.9. The summed E-state index contributed by atoms with van der Waals surface area (Å²) < 4.78 is 16.5. The van der Waals surface area contributed by atoms with E-state index in [1.807, 2.05) is 18.2 Å².